The van der Waals surface area contributed by atoms with Crippen LogP contribution in [0.5, 0.6) is 0 Å². The number of nitrogens with zero attached hydrogens (tertiary/aromatic N) is 2. The number of guanidine groups is 1. The molecule has 0 unspecified atom stereocenters. The highest BCUT2D eigenvalue weighted by Crippen LogP contribution is 2.15. The Balaban J connectivity index is 0.00000243. The third-order valence-corrected chi connectivity index (χ3v) is 4.80. The van der Waals surface area contributed by atoms with Crippen molar-refractivity contribution in [2.45, 2.75) is 26.8 Å². The third-order valence-electron chi connectivity index (χ3n) is 3.91. The molecule has 0 saturated carbocycles. The normalized spacial score (nSPS) is 11.2. The molecule has 1 aromatic heterocycles. The van der Waals surface area contributed by atoms with Gasteiger partial charge in [0.2, 0.25) is 0 Å². The zero-order valence-electron chi connectivity index (χ0n) is 15.2. The van der Waals surface area contributed by atoms with Crippen molar-refractivity contribution in [3.05, 3.63) is 64.1 Å². The number of aryl methyl sites for hydroxylation is 1. The van der Waals surface area contributed by atoms with E-state index >= 15 is 0 Å². The van der Waals surface area contributed by atoms with Crippen LogP contribution in [0.25, 0.3) is 10.8 Å². The lowest BCUT2D eigenvalue weighted by Gasteiger charge is -2.11. The topological polar surface area (TPSA) is 49.3 Å². The Morgan fingerprint density at radius 3 is 2.65 bits per heavy atom. The van der Waals surface area contributed by atoms with E-state index in [9.17, 15) is 0 Å². The maximum absolute atomic E-state index is 4.62. The first-order valence-corrected chi connectivity index (χ1v) is 9.47. The van der Waals surface area contributed by atoms with Gasteiger partial charge in [-0.2, -0.15) is 0 Å². The van der Waals surface area contributed by atoms with Crippen LogP contribution in [0.15, 0.2) is 53.7 Å². The van der Waals surface area contributed by atoms with Crippen LogP contribution in [-0.4, -0.2) is 24.0 Å². The van der Waals surface area contributed by atoms with Crippen molar-refractivity contribution in [1.82, 2.24) is 15.6 Å². The molecule has 0 saturated heterocycles. The first-order chi connectivity index (χ1) is 12.2. The first-order valence-electron chi connectivity index (χ1n) is 8.66. The standard InChI is InChI=1S/C20H24N4S.HI/c1-3-21-20(24-14-19-23-13-15(2)25-19)22-11-10-16-8-9-17-6-4-5-7-18(17)12-16;/h4-9,12-13H,3,10-11,14H2,1-2H3,(H2,21,22,24);1H. The molecule has 0 aliphatic heterocycles. The van der Waals surface area contributed by atoms with E-state index < -0.39 is 0 Å². The molecule has 4 nitrogen and oxygen atoms in total. The summed E-state index contributed by atoms with van der Waals surface area (Å²) in [5.41, 5.74) is 1.33. The van der Waals surface area contributed by atoms with Crippen LogP contribution in [0, 0.1) is 6.92 Å². The van der Waals surface area contributed by atoms with E-state index in [-0.39, 0.29) is 24.0 Å². The van der Waals surface area contributed by atoms with Crippen LogP contribution < -0.4 is 10.6 Å². The molecule has 0 spiro atoms. The summed E-state index contributed by atoms with van der Waals surface area (Å²) in [4.78, 5) is 10.2. The van der Waals surface area contributed by atoms with Crippen LogP contribution >= 0.6 is 35.3 Å². The molecule has 0 fully saturated rings. The predicted octanol–water partition coefficient (Wildman–Crippen LogP) is 4.52. The Labute approximate surface area is 176 Å². The van der Waals surface area contributed by atoms with E-state index in [1.165, 1.54) is 21.2 Å². The molecule has 0 aliphatic carbocycles. The highest BCUT2D eigenvalue weighted by atomic mass is 127. The number of rotatable bonds is 6. The number of halogens is 1. The Morgan fingerprint density at radius 1 is 1.12 bits per heavy atom. The maximum atomic E-state index is 4.62. The molecule has 138 valence electrons. The van der Waals surface area contributed by atoms with Gasteiger partial charge in [0, 0.05) is 24.2 Å². The van der Waals surface area contributed by atoms with E-state index in [1.54, 1.807) is 11.3 Å². The summed E-state index contributed by atoms with van der Waals surface area (Å²) < 4.78 is 0. The highest BCUT2D eigenvalue weighted by Gasteiger charge is 2.01. The molecule has 3 aromatic rings. The Hall–Kier alpha value is -1.67. The zero-order valence-corrected chi connectivity index (χ0v) is 18.3. The molecule has 0 amide bonds. The Bertz CT molecular complexity index is 860. The van der Waals surface area contributed by atoms with Gasteiger partial charge in [0.25, 0.3) is 0 Å². The fourth-order valence-corrected chi connectivity index (χ4v) is 3.39. The van der Waals surface area contributed by atoms with E-state index in [1.807, 2.05) is 6.20 Å². The van der Waals surface area contributed by atoms with Gasteiger partial charge < -0.3 is 10.6 Å². The van der Waals surface area contributed by atoms with Crippen molar-refractivity contribution in [2.75, 3.05) is 13.1 Å². The molecule has 0 aliphatic rings. The van der Waals surface area contributed by atoms with Gasteiger partial charge in [-0.15, -0.1) is 35.3 Å². The number of nitrogens with one attached hydrogen (secondary N) is 2. The lowest BCUT2D eigenvalue weighted by atomic mass is 10.1. The largest absolute Gasteiger partial charge is 0.357 e. The van der Waals surface area contributed by atoms with E-state index in [0.29, 0.717) is 6.54 Å². The fraction of sp³-hybridized carbons (Fsp3) is 0.300. The van der Waals surface area contributed by atoms with Crippen molar-refractivity contribution in [2.24, 2.45) is 4.99 Å². The lowest BCUT2D eigenvalue weighted by Crippen LogP contribution is -2.38. The summed E-state index contributed by atoms with van der Waals surface area (Å²) in [6, 6.07) is 15.1. The van der Waals surface area contributed by atoms with Crippen molar-refractivity contribution in [3.8, 4) is 0 Å². The summed E-state index contributed by atoms with van der Waals surface area (Å²) in [5.74, 6) is 0.844. The van der Waals surface area contributed by atoms with Crippen molar-refractivity contribution in [3.63, 3.8) is 0 Å². The molecule has 26 heavy (non-hydrogen) atoms. The predicted molar refractivity (Wildman–Crippen MR) is 123 cm³/mol. The summed E-state index contributed by atoms with van der Waals surface area (Å²) in [7, 11) is 0. The minimum absolute atomic E-state index is 0. The molecule has 3 rings (SSSR count). The summed E-state index contributed by atoms with van der Waals surface area (Å²) in [6.07, 6.45) is 2.86. The molecule has 1 heterocycles. The smallest absolute Gasteiger partial charge is 0.191 e. The van der Waals surface area contributed by atoms with E-state index in [0.717, 1.165) is 30.5 Å². The van der Waals surface area contributed by atoms with E-state index in [2.05, 4.69) is 76.9 Å². The molecule has 2 aromatic carbocycles. The second-order valence-corrected chi connectivity index (χ2v) is 7.24. The maximum Gasteiger partial charge on any atom is 0.191 e. The average Bonchev–Trinajstić information content (AvgIpc) is 3.05. The number of hydrogen-bond acceptors (Lipinski definition) is 3. The van der Waals surface area contributed by atoms with Gasteiger partial charge in [-0.25, -0.2) is 9.98 Å². The van der Waals surface area contributed by atoms with Crippen LogP contribution in [0.1, 0.15) is 22.4 Å². The second-order valence-electron chi connectivity index (χ2n) is 5.92. The Kier molecular flexibility index (Phi) is 8.31. The molecular weight excluding hydrogens is 455 g/mol. The van der Waals surface area contributed by atoms with E-state index in [4.69, 9.17) is 0 Å². The molecule has 2 N–H and O–H groups in total. The first kappa shape index (κ1) is 20.6. The number of aromatic nitrogens is 1. The zero-order chi connectivity index (χ0) is 17.5. The molecule has 6 heteroatoms. The molecule has 0 bridgehead atoms. The quantitative estimate of drug-likeness (QED) is 0.310. The Morgan fingerprint density at radius 2 is 1.92 bits per heavy atom. The molecule has 0 radical (unpaired) electrons. The van der Waals surface area contributed by atoms with Gasteiger partial charge in [0.05, 0.1) is 6.54 Å². The van der Waals surface area contributed by atoms with Crippen LogP contribution in [0.3, 0.4) is 0 Å². The van der Waals surface area contributed by atoms with Gasteiger partial charge >= 0.3 is 0 Å². The summed E-state index contributed by atoms with van der Waals surface area (Å²) >= 11 is 1.70. The monoisotopic (exact) mass is 480 g/mol. The SMILES string of the molecule is CCNC(=NCc1ncc(C)s1)NCCc1ccc2ccccc2c1.I. The lowest BCUT2D eigenvalue weighted by molar-refractivity contribution is 0.799. The van der Waals surface area contributed by atoms with Crippen molar-refractivity contribution < 1.29 is 0 Å². The summed E-state index contributed by atoms with van der Waals surface area (Å²) in [6.45, 7) is 6.45. The fourth-order valence-electron chi connectivity index (χ4n) is 2.68. The van der Waals surface area contributed by atoms with Gasteiger partial charge in [0.1, 0.15) is 5.01 Å². The number of benzene rings is 2. The van der Waals surface area contributed by atoms with Gasteiger partial charge in [-0.3, -0.25) is 0 Å². The number of hydrogen-bond donors (Lipinski definition) is 2. The molecule has 0 atom stereocenters. The minimum Gasteiger partial charge on any atom is -0.357 e. The van der Waals surface area contributed by atoms with Crippen LogP contribution in [-0.2, 0) is 13.0 Å². The highest BCUT2D eigenvalue weighted by molar-refractivity contribution is 14.0. The van der Waals surface area contributed by atoms with Crippen molar-refractivity contribution >= 4 is 52.0 Å². The molecular formula is C20H25IN4S. The number of thiazole rings is 1. The third kappa shape index (κ3) is 5.95. The average molecular weight is 480 g/mol. The van der Waals surface area contributed by atoms with Crippen LogP contribution in [0.4, 0.5) is 0 Å². The number of fused-ring (bicyclic) bond motifs is 1. The van der Waals surface area contributed by atoms with Crippen molar-refractivity contribution in [1.29, 1.82) is 0 Å². The van der Waals surface area contributed by atoms with Gasteiger partial charge in [0.15, 0.2) is 5.96 Å². The summed E-state index contributed by atoms with van der Waals surface area (Å²) in [5, 5.41) is 10.3. The van der Waals surface area contributed by atoms with Gasteiger partial charge in [-0.1, -0.05) is 42.5 Å². The minimum atomic E-state index is 0. The van der Waals surface area contributed by atoms with Crippen LogP contribution in [0.2, 0.25) is 0 Å². The number of aliphatic imine (C=N–C) groups is 1. The second kappa shape index (κ2) is 10.5. The van der Waals surface area contributed by atoms with Gasteiger partial charge in [-0.05, 0) is 36.6 Å².